The van der Waals surface area contributed by atoms with Crippen LogP contribution in [-0.2, 0) is 6.54 Å². The number of hydrogen-bond donors (Lipinski definition) is 1. The first-order chi connectivity index (χ1) is 7.17. The number of amides is 1. The van der Waals surface area contributed by atoms with Crippen molar-refractivity contribution in [3.8, 4) is 5.75 Å². The molecule has 80 valence electrons. The SMILES string of the molecule is CNc1cc2c(cc1OC)CN(C)C2=O. The standard InChI is InChI=1S/C11H14N2O2/c1-12-9-5-8-7(4-10(9)15-3)6-13(2)11(8)14/h4-5,12H,6H2,1-3H3. The fraction of sp³-hybridized carbons (Fsp3) is 0.364. The van der Waals surface area contributed by atoms with Crippen LogP contribution in [0.1, 0.15) is 15.9 Å². The van der Waals surface area contributed by atoms with Crippen molar-refractivity contribution >= 4 is 11.6 Å². The highest BCUT2D eigenvalue weighted by atomic mass is 16.5. The van der Waals surface area contributed by atoms with Crippen LogP contribution in [0.3, 0.4) is 0 Å². The summed E-state index contributed by atoms with van der Waals surface area (Å²) in [5, 5.41) is 3.02. The van der Waals surface area contributed by atoms with Gasteiger partial charge < -0.3 is 15.0 Å². The molecule has 0 radical (unpaired) electrons. The highest BCUT2D eigenvalue weighted by molar-refractivity contribution is 5.99. The molecule has 0 atom stereocenters. The normalized spacial score (nSPS) is 14.1. The molecule has 1 aromatic carbocycles. The fourth-order valence-electron chi connectivity index (χ4n) is 1.85. The Bertz CT molecular complexity index is 415. The van der Waals surface area contributed by atoms with Gasteiger partial charge in [-0.3, -0.25) is 4.79 Å². The summed E-state index contributed by atoms with van der Waals surface area (Å²) < 4.78 is 5.24. The zero-order valence-electron chi connectivity index (χ0n) is 9.13. The number of hydrogen-bond acceptors (Lipinski definition) is 3. The van der Waals surface area contributed by atoms with Gasteiger partial charge in [-0.2, -0.15) is 0 Å². The summed E-state index contributed by atoms with van der Waals surface area (Å²) in [5.74, 6) is 0.850. The maximum Gasteiger partial charge on any atom is 0.254 e. The van der Waals surface area contributed by atoms with E-state index in [1.165, 1.54) is 0 Å². The van der Waals surface area contributed by atoms with E-state index in [2.05, 4.69) is 5.32 Å². The lowest BCUT2D eigenvalue weighted by molar-refractivity contribution is 0.0816. The Morgan fingerprint density at radius 2 is 2.20 bits per heavy atom. The highest BCUT2D eigenvalue weighted by Gasteiger charge is 2.25. The van der Waals surface area contributed by atoms with Gasteiger partial charge in [0.1, 0.15) is 5.75 Å². The number of ether oxygens (including phenoxy) is 1. The van der Waals surface area contributed by atoms with Crippen molar-refractivity contribution < 1.29 is 9.53 Å². The molecule has 0 spiro atoms. The second kappa shape index (κ2) is 3.46. The molecule has 1 aliphatic heterocycles. The minimum atomic E-state index is 0.0733. The molecule has 1 aliphatic rings. The van der Waals surface area contributed by atoms with Crippen molar-refractivity contribution in [1.29, 1.82) is 0 Å². The molecule has 4 nitrogen and oxygen atoms in total. The van der Waals surface area contributed by atoms with Crippen LogP contribution in [0.5, 0.6) is 5.75 Å². The van der Waals surface area contributed by atoms with Crippen LogP contribution in [0.4, 0.5) is 5.69 Å². The molecule has 0 unspecified atom stereocenters. The maximum atomic E-state index is 11.7. The number of benzene rings is 1. The van der Waals surface area contributed by atoms with Crippen LogP contribution in [0, 0.1) is 0 Å². The van der Waals surface area contributed by atoms with E-state index in [0.29, 0.717) is 6.54 Å². The first kappa shape index (κ1) is 9.83. The highest BCUT2D eigenvalue weighted by Crippen LogP contribution is 2.32. The minimum Gasteiger partial charge on any atom is -0.495 e. The molecule has 0 aromatic heterocycles. The van der Waals surface area contributed by atoms with E-state index in [1.54, 1.807) is 19.1 Å². The van der Waals surface area contributed by atoms with Gasteiger partial charge in [-0.25, -0.2) is 0 Å². The molecule has 0 aliphatic carbocycles. The number of methoxy groups -OCH3 is 1. The van der Waals surface area contributed by atoms with Gasteiger partial charge in [0.15, 0.2) is 0 Å². The average molecular weight is 206 g/mol. The molecule has 1 N–H and O–H groups in total. The molecular weight excluding hydrogens is 192 g/mol. The molecule has 0 saturated heterocycles. The summed E-state index contributed by atoms with van der Waals surface area (Å²) >= 11 is 0. The van der Waals surface area contributed by atoms with Gasteiger partial charge in [-0.1, -0.05) is 0 Å². The lowest BCUT2D eigenvalue weighted by atomic mass is 10.1. The van der Waals surface area contributed by atoms with Crippen LogP contribution < -0.4 is 10.1 Å². The number of anilines is 1. The Kier molecular flexibility index (Phi) is 2.26. The maximum absolute atomic E-state index is 11.7. The summed E-state index contributed by atoms with van der Waals surface area (Å²) in [7, 11) is 5.24. The Labute approximate surface area is 88.8 Å². The van der Waals surface area contributed by atoms with Gasteiger partial charge in [-0.05, 0) is 17.7 Å². The third-order valence-corrected chi connectivity index (χ3v) is 2.68. The minimum absolute atomic E-state index is 0.0733. The number of rotatable bonds is 2. The number of nitrogens with one attached hydrogen (secondary N) is 1. The molecule has 4 heteroatoms. The van der Waals surface area contributed by atoms with Crippen LogP contribution in [0.2, 0.25) is 0 Å². The lowest BCUT2D eigenvalue weighted by Crippen LogP contribution is -2.17. The van der Waals surface area contributed by atoms with Crippen molar-refractivity contribution in [2.75, 3.05) is 26.5 Å². The molecular formula is C11H14N2O2. The second-order valence-corrected chi connectivity index (χ2v) is 3.62. The predicted molar refractivity (Wildman–Crippen MR) is 58.3 cm³/mol. The van der Waals surface area contributed by atoms with E-state index in [-0.39, 0.29) is 5.91 Å². The van der Waals surface area contributed by atoms with Crippen LogP contribution >= 0.6 is 0 Å². The largest absolute Gasteiger partial charge is 0.495 e. The van der Waals surface area contributed by atoms with Crippen LogP contribution in [0.15, 0.2) is 12.1 Å². The smallest absolute Gasteiger partial charge is 0.254 e. The zero-order chi connectivity index (χ0) is 11.0. The summed E-state index contributed by atoms with van der Waals surface area (Å²) in [6.07, 6.45) is 0. The van der Waals surface area contributed by atoms with Gasteiger partial charge in [0, 0.05) is 26.2 Å². The van der Waals surface area contributed by atoms with E-state index in [9.17, 15) is 4.79 Å². The second-order valence-electron chi connectivity index (χ2n) is 3.62. The van der Waals surface area contributed by atoms with Gasteiger partial charge >= 0.3 is 0 Å². The lowest BCUT2D eigenvalue weighted by Gasteiger charge is -2.09. The Hall–Kier alpha value is -1.71. The summed E-state index contributed by atoms with van der Waals surface area (Å²) in [6.45, 7) is 0.661. The number of carbonyl (C=O) groups excluding carboxylic acids is 1. The first-order valence-electron chi connectivity index (χ1n) is 4.81. The van der Waals surface area contributed by atoms with Gasteiger partial charge in [0.2, 0.25) is 0 Å². The third-order valence-electron chi connectivity index (χ3n) is 2.68. The van der Waals surface area contributed by atoms with Gasteiger partial charge in [0.05, 0.1) is 12.8 Å². The first-order valence-corrected chi connectivity index (χ1v) is 4.81. The van der Waals surface area contributed by atoms with E-state index < -0.39 is 0 Å². The van der Waals surface area contributed by atoms with Crippen molar-refractivity contribution in [2.24, 2.45) is 0 Å². The van der Waals surface area contributed by atoms with Crippen LogP contribution in [0.25, 0.3) is 0 Å². The fourth-order valence-corrected chi connectivity index (χ4v) is 1.85. The Balaban J connectivity index is 2.53. The predicted octanol–water partition coefficient (Wildman–Crippen LogP) is 1.32. The quantitative estimate of drug-likeness (QED) is 0.793. The molecule has 0 saturated carbocycles. The molecule has 1 heterocycles. The van der Waals surface area contributed by atoms with Crippen molar-refractivity contribution in [2.45, 2.75) is 6.54 Å². The summed E-state index contributed by atoms with van der Waals surface area (Å²) in [4.78, 5) is 13.4. The Morgan fingerprint density at radius 1 is 1.47 bits per heavy atom. The topological polar surface area (TPSA) is 41.6 Å². The average Bonchev–Trinajstić information content (AvgIpc) is 2.53. The van der Waals surface area contributed by atoms with Crippen molar-refractivity contribution in [3.63, 3.8) is 0 Å². The van der Waals surface area contributed by atoms with E-state index in [4.69, 9.17) is 4.74 Å². The van der Waals surface area contributed by atoms with Crippen LogP contribution in [-0.4, -0.2) is 32.0 Å². The molecule has 1 aromatic rings. The van der Waals surface area contributed by atoms with E-state index >= 15 is 0 Å². The molecule has 1 amide bonds. The van der Waals surface area contributed by atoms with Crippen molar-refractivity contribution in [3.05, 3.63) is 23.3 Å². The third kappa shape index (κ3) is 1.42. The molecule has 2 rings (SSSR count). The van der Waals surface area contributed by atoms with E-state index in [0.717, 1.165) is 22.6 Å². The zero-order valence-corrected chi connectivity index (χ0v) is 9.13. The monoisotopic (exact) mass is 206 g/mol. The van der Waals surface area contributed by atoms with Crippen molar-refractivity contribution in [1.82, 2.24) is 4.90 Å². The number of nitrogens with zero attached hydrogens (tertiary/aromatic N) is 1. The Morgan fingerprint density at radius 3 is 2.80 bits per heavy atom. The molecule has 15 heavy (non-hydrogen) atoms. The number of carbonyl (C=O) groups is 1. The molecule has 0 bridgehead atoms. The van der Waals surface area contributed by atoms with E-state index in [1.807, 2.05) is 19.2 Å². The van der Waals surface area contributed by atoms with Gasteiger partial charge in [0.25, 0.3) is 5.91 Å². The number of fused-ring (bicyclic) bond motifs is 1. The summed E-state index contributed by atoms with van der Waals surface area (Å²) in [6, 6.07) is 3.77. The summed E-state index contributed by atoms with van der Waals surface area (Å²) in [5.41, 5.74) is 2.64. The van der Waals surface area contributed by atoms with Gasteiger partial charge in [-0.15, -0.1) is 0 Å². The molecule has 0 fully saturated rings.